The summed E-state index contributed by atoms with van der Waals surface area (Å²) in [6, 6.07) is 5.46. The minimum Gasteiger partial charge on any atom is -0.446 e. The number of hydrogen-bond donors (Lipinski definition) is 0. The van der Waals surface area contributed by atoms with Crippen molar-refractivity contribution in [2.75, 3.05) is 29.4 Å². The van der Waals surface area contributed by atoms with Crippen LogP contribution in [0.5, 0.6) is 0 Å². The summed E-state index contributed by atoms with van der Waals surface area (Å²) in [5, 5.41) is 4.39. The van der Waals surface area contributed by atoms with Crippen LogP contribution in [0.15, 0.2) is 30.6 Å². The lowest BCUT2D eigenvalue weighted by Gasteiger charge is -2.40. The second kappa shape index (κ2) is 9.87. The molecule has 0 spiro atoms. The Hall–Kier alpha value is -3.36. The van der Waals surface area contributed by atoms with Crippen molar-refractivity contribution in [2.45, 2.75) is 65.6 Å². The van der Waals surface area contributed by atoms with Gasteiger partial charge in [0.05, 0.1) is 29.7 Å². The predicted molar refractivity (Wildman–Crippen MR) is 130 cm³/mol. The molecule has 4 rings (SSSR count). The van der Waals surface area contributed by atoms with Crippen molar-refractivity contribution < 1.29 is 19.1 Å². The molecule has 3 amide bonds. The molecule has 9 nitrogen and oxygen atoms in total. The van der Waals surface area contributed by atoms with Gasteiger partial charge in [-0.3, -0.25) is 19.2 Å². The topological polar surface area (TPSA) is 88.0 Å². The molecule has 1 aromatic heterocycles. The van der Waals surface area contributed by atoms with E-state index in [1.807, 2.05) is 50.1 Å². The minimum atomic E-state index is -0.439. The van der Waals surface area contributed by atoms with E-state index in [9.17, 15) is 14.4 Å². The number of aromatic nitrogens is 2. The third kappa shape index (κ3) is 4.93. The van der Waals surface area contributed by atoms with E-state index in [0.29, 0.717) is 17.9 Å². The second-order valence-corrected chi connectivity index (χ2v) is 9.35. The van der Waals surface area contributed by atoms with Gasteiger partial charge in [-0.25, -0.2) is 4.79 Å². The molecule has 0 unspecified atom stereocenters. The second-order valence-electron chi connectivity index (χ2n) is 9.35. The van der Waals surface area contributed by atoms with Gasteiger partial charge in [-0.05, 0) is 57.7 Å². The molecule has 2 aromatic rings. The van der Waals surface area contributed by atoms with Crippen LogP contribution < -0.4 is 9.80 Å². The van der Waals surface area contributed by atoms with Crippen molar-refractivity contribution >= 4 is 29.3 Å². The monoisotopic (exact) mass is 467 g/mol. The average molecular weight is 468 g/mol. The molecule has 2 aliphatic rings. The SMILES string of the molecule is CC(=O)N1c2ccc(-c3cnn(CC(=O)N4CCCCC4)c3)cc2N(C(=O)OC(C)C)C[C@@H]1C. The molecule has 9 heteroatoms. The number of carbonyl (C=O) groups excluding carboxylic acids is 3. The van der Waals surface area contributed by atoms with Crippen molar-refractivity contribution in [3.05, 3.63) is 30.6 Å². The summed E-state index contributed by atoms with van der Waals surface area (Å²) >= 11 is 0. The molecule has 0 N–H and O–H groups in total. The third-order valence-corrected chi connectivity index (χ3v) is 6.28. The van der Waals surface area contributed by atoms with E-state index in [0.717, 1.165) is 37.1 Å². The Bertz CT molecular complexity index is 1070. The summed E-state index contributed by atoms with van der Waals surface area (Å²) in [7, 11) is 0. The van der Waals surface area contributed by atoms with Crippen LogP contribution in [0.1, 0.15) is 47.0 Å². The molecule has 34 heavy (non-hydrogen) atoms. The van der Waals surface area contributed by atoms with Gasteiger partial charge in [0.1, 0.15) is 6.54 Å². The van der Waals surface area contributed by atoms with Crippen molar-refractivity contribution in [3.63, 3.8) is 0 Å². The first-order valence-electron chi connectivity index (χ1n) is 12.0. The number of piperidine rings is 1. The van der Waals surface area contributed by atoms with Gasteiger partial charge in [0.25, 0.3) is 0 Å². The van der Waals surface area contributed by atoms with Gasteiger partial charge >= 0.3 is 6.09 Å². The fraction of sp³-hybridized carbons (Fsp3) is 0.520. The maximum absolute atomic E-state index is 12.9. The summed E-state index contributed by atoms with van der Waals surface area (Å²) in [5.74, 6) is -0.00379. The summed E-state index contributed by atoms with van der Waals surface area (Å²) in [4.78, 5) is 43.0. The van der Waals surface area contributed by atoms with Crippen LogP contribution in [0.4, 0.5) is 16.2 Å². The lowest BCUT2D eigenvalue weighted by Crippen LogP contribution is -2.51. The van der Waals surface area contributed by atoms with E-state index in [4.69, 9.17) is 4.74 Å². The first-order valence-corrected chi connectivity index (χ1v) is 12.0. The molecule has 1 aromatic carbocycles. The van der Waals surface area contributed by atoms with E-state index >= 15 is 0 Å². The molecule has 1 fully saturated rings. The Morgan fingerprint density at radius 2 is 1.82 bits per heavy atom. The summed E-state index contributed by atoms with van der Waals surface area (Å²) in [6.45, 7) is 9.22. The molecule has 1 atom stereocenters. The number of benzene rings is 1. The number of rotatable bonds is 4. The molecule has 0 saturated carbocycles. The van der Waals surface area contributed by atoms with Gasteiger partial charge in [0.2, 0.25) is 11.8 Å². The maximum Gasteiger partial charge on any atom is 0.414 e. The fourth-order valence-corrected chi connectivity index (χ4v) is 4.70. The molecule has 2 aliphatic heterocycles. The number of amides is 3. The molecular weight excluding hydrogens is 434 g/mol. The van der Waals surface area contributed by atoms with E-state index < -0.39 is 6.09 Å². The fourth-order valence-electron chi connectivity index (χ4n) is 4.70. The first-order chi connectivity index (χ1) is 16.2. The van der Waals surface area contributed by atoms with E-state index in [1.54, 1.807) is 20.7 Å². The standard InChI is InChI=1S/C25H33N5O4/c1-17(2)34-25(33)29-14-18(3)30(19(4)31)22-9-8-20(12-23(22)29)21-13-26-28(15-21)16-24(32)27-10-6-5-7-11-27/h8-9,12-13,15,17-18H,5-7,10-11,14,16H2,1-4H3/t18-/m0/s1. The number of anilines is 2. The Morgan fingerprint density at radius 1 is 1.09 bits per heavy atom. The van der Waals surface area contributed by atoms with Gasteiger partial charge in [0, 0.05) is 38.3 Å². The quantitative estimate of drug-likeness (QED) is 0.685. The average Bonchev–Trinajstić information content (AvgIpc) is 3.26. The molecule has 0 aliphatic carbocycles. The van der Waals surface area contributed by atoms with Crippen LogP contribution >= 0.6 is 0 Å². The minimum absolute atomic E-state index is 0.0773. The first kappa shape index (κ1) is 23.8. The Balaban J connectivity index is 1.61. The number of hydrogen-bond acceptors (Lipinski definition) is 5. The lowest BCUT2D eigenvalue weighted by atomic mass is 10.0. The lowest BCUT2D eigenvalue weighted by molar-refractivity contribution is -0.132. The molecule has 0 radical (unpaired) electrons. The summed E-state index contributed by atoms with van der Waals surface area (Å²) in [5.41, 5.74) is 2.97. The number of likely N-dealkylation sites (tertiary alicyclic amines) is 1. The highest BCUT2D eigenvalue weighted by atomic mass is 16.6. The van der Waals surface area contributed by atoms with Crippen LogP contribution in [0.3, 0.4) is 0 Å². The highest BCUT2D eigenvalue weighted by Gasteiger charge is 2.35. The molecular formula is C25H33N5O4. The molecule has 0 bridgehead atoms. The maximum atomic E-state index is 12.9. The number of ether oxygens (including phenoxy) is 1. The van der Waals surface area contributed by atoms with Crippen LogP contribution in [0.2, 0.25) is 0 Å². The van der Waals surface area contributed by atoms with Gasteiger partial charge < -0.3 is 14.5 Å². The third-order valence-electron chi connectivity index (χ3n) is 6.28. The van der Waals surface area contributed by atoms with E-state index in [1.165, 1.54) is 13.3 Å². The summed E-state index contributed by atoms with van der Waals surface area (Å²) < 4.78 is 7.12. The van der Waals surface area contributed by atoms with Crippen molar-refractivity contribution in [1.82, 2.24) is 14.7 Å². The Labute approximate surface area is 200 Å². The Kier molecular flexibility index (Phi) is 6.90. The smallest absolute Gasteiger partial charge is 0.414 e. The van der Waals surface area contributed by atoms with E-state index in [-0.39, 0.29) is 30.5 Å². The predicted octanol–water partition coefficient (Wildman–Crippen LogP) is 3.67. The van der Waals surface area contributed by atoms with Gasteiger partial charge in [-0.2, -0.15) is 5.10 Å². The number of carbonyl (C=O) groups is 3. The zero-order valence-corrected chi connectivity index (χ0v) is 20.4. The number of nitrogens with zero attached hydrogens (tertiary/aromatic N) is 5. The zero-order valence-electron chi connectivity index (χ0n) is 20.4. The molecule has 1 saturated heterocycles. The molecule has 182 valence electrons. The van der Waals surface area contributed by atoms with Crippen molar-refractivity contribution in [3.8, 4) is 11.1 Å². The highest BCUT2D eigenvalue weighted by molar-refractivity contribution is 6.03. The van der Waals surface area contributed by atoms with E-state index in [2.05, 4.69) is 5.10 Å². The highest BCUT2D eigenvalue weighted by Crippen LogP contribution is 2.39. The van der Waals surface area contributed by atoms with Gasteiger partial charge in [-0.1, -0.05) is 6.07 Å². The van der Waals surface area contributed by atoms with Crippen LogP contribution in [-0.4, -0.2) is 64.4 Å². The van der Waals surface area contributed by atoms with Crippen LogP contribution in [0, 0.1) is 0 Å². The van der Waals surface area contributed by atoms with Crippen LogP contribution in [0.25, 0.3) is 11.1 Å². The number of fused-ring (bicyclic) bond motifs is 1. The largest absolute Gasteiger partial charge is 0.446 e. The normalized spacial score (nSPS) is 18.1. The van der Waals surface area contributed by atoms with Gasteiger partial charge in [0.15, 0.2) is 0 Å². The van der Waals surface area contributed by atoms with Crippen LogP contribution in [-0.2, 0) is 20.9 Å². The Morgan fingerprint density at radius 3 is 2.50 bits per heavy atom. The summed E-state index contributed by atoms with van der Waals surface area (Å²) in [6.07, 6.45) is 6.15. The van der Waals surface area contributed by atoms with Gasteiger partial charge in [-0.15, -0.1) is 0 Å². The zero-order chi connectivity index (χ0) is 24.4. The van der Waals surface area contributed by atoms with Crippen molar-refractivity contribution in [1.29, 1.82) is 0 Å². The molecule has 3 heterocycles. The van der Waals surface area contributed by atoms with Crippen molar-refractivity contribution in [2.24, 2.45) is 0 Å².